The summed E-state index contributed by atoms with van der Waals surface area (Å²) in [6.45, 7) is 0. The zero-order chi connectivity index (χ0) is 14.7. The highest BCUT2D eigenvalue weighted by Gasteiger charge is 2.14. The van der Waals surface area contributed by atoms with Crippen LogP contribution in [0.3, 0.4) is 0 Å². The smallest absolute Gasteiger partial charge is 0.169 e. The molecule has 1 aromatic heterocycles. The molecule has 21 heavy (non-hydrogen) atoms. The SMILES string of the molecule is Brc1ccc(C(Br)c2ccc(Oc3ccccc3)cc2)o1. The van der Waals surface area contributed by atoms with Crippen molar-refractivity contribution in [1.82, 2.24) is 0 Å². The van der Waals surface area contributed by atoms with Crippen molar-refractivity contribution >= 4 is 31.9 Å². The van der Waals surface area contributed by atoms with Crippen LogP contribution in [0.25, 0.3) is 0 Å². The van der Waals surface area contributed by atoms with E-state index in [1.807, 2.05) is 66.7 Å². The van der Waals surface area contributed by atoms with Gasteiger partial charge in [0.2, 0.25) is 0 Å². The Bertz CT molecular complexity index is 705. The van der Waals surface area contributed by atoms with Crippen LogP contribution in [0.2, 0.25) is 0 Å². The fraction of sp³-hybridized carbons (Fsp3) is 0.0588. The van der Waals surface area contributed by atoms with E-state index >= 15 is 0 Å². The van der Waals surface area contributed by atoms with Gasteiger partial charge in [0.05, 0.1) is 4.83 Å². The number of rotatable bonds is 4. The maximum absolute atomic E-state index is 5.78. The number of furan rings is 1. The van der Waals surface area contributed by atoms with Crippen LogP contribution in [0.15, 0.2) is 75.8 Å². The summed E-state index contributed by atoms with van der Waals surface area (Å²) in [6.07, 6.45) is 0. The van der Waals surface area contributed by atoms with Gasteiger partial charge in [0.25, 0.3) is 0 Å². The van der Waals surface area contributed by atoms with E-state index in [0.29, 0.717) is 0 Å². The van der Waals surface area contributed by atoms with Gasteiger partial charge >= 0.3 is 0 Å². The lowest BCUT2D eigenvalue weighted by atomic mass is 10.1. The summed E-state index contributed by atoms with van der Waals surface area (Å²) in [6, 6.07) is 21.5. The number of para-hydroxylation sites is 1. The highest BCUT2D eigenvalue weighted by atomic mass is 79.9. The average Bonchev–Trinajstić information content (AvgIpc) is 2.95. The molecule has 0 fully saturated rings. The molecule has 1 atom stereocenters. The predicted octanol–water partition coefficient (Wildman–Crippen LogP) is 6.32. The van der Waals surface area contributed by atoms with Gasteiger partial charge in [0.15, 0.2) is 4.67 Å². The number of hydrogen-bond acceptors (Lipinski definition) is 2. The second-order valence-electron chi connectivity index (χ2n) is 4.49. The Balaban J connectivity index is 1.75. The third-order valence-electron chi connectivity index (χ3n) is 3.00. The van der Waals surface area contributed by atoms with Gasteiger partial charge in [-0.3, -0.25) is 0 Å². The molecule has 0 N–H and O–H groups in total. The molecule has 1 heterocycles. The Morgan fingerprint density at radius 1 is 0.810 bits per heavy atom. The molecular formula is C17H12Br2O2. The molecule has 2 aromatic carbocycles. The van der Waals surface area contributed by atoms with Crippen molar-refractivity contribution in [2.24, 2.45) is 0 Å². The van der Waals surface area contributed by atoms with E-state index in [2.05, 4.69) is 31.9 Å². The number of halogens is 2. The summed E-state index contributed by atoms with van der Waals surface area (Å²) in [5.74, 6) is 2.50. The molecule has 3 aromatic rings. The molecule has 3 rings (SSSR count). The van der Waals surface area contributed by atoms with E-state index < -0.39 is 0 Å². The van der Waals surface area contributed by atoms with Gasteiger partial charge in [-0.15, -0.1) is 0 Å². The minimum absolute atomic E-state index is 0.0228. The molecular weight excluding hydrogens is 396 g/mol. The average molecular weight is 408 g/mol. The molecule has 106 valence electrons. The summed E-state index contributed by atoms with van der Waals surface area (Å²) in [7, 11) is 0. The fourth-order valence-corrected chi connectivity index (χ4v) is 2.83. The van der Waals surface area contributed by atoms with E-state index in [4.69, 9.17) is 9.15 Å². The number of alkyl halides is 1. The Hall–Kier alpha value is -1.52. The maximum Gasteiger partial charge on any atom is 0.169 e. The van der Waals surface area contributed by atoms with Crippen LogP contribution in [-0.2, 0) is 0 Å². The van der Waals surface area contributed by atoms with Crippen LogP contribution in [0.1, 0.15) is 16.2 Å². The fourth-order valence-electron chi connectivity index (χ4n) is 1.96. The minimum Gasteiger partial charge on any atom is -0.457 e. The van der Waals surface area contributed by atoms with Gasteiger partial charge in [-0.25, -0.2) is 0 Å². The predicted molar refractivity (Wildman–Crippen MR) is 90.1 cm³/mol. The molecule has 2 nitrogen and oxygen atoms in total. The van der Waals surface area contributed by atoms with Crippen molar-refractivity contribution in [2.45, 2.75) is 4.83 Å². The zero-order valence-corrected chi connectivity index (χ0v) is 14.2. The van der Waals surface area contributed by atoms with E-state index in [1.165, 1.54) is 0 Å². The summed E-state index contributed by atoms with van der Waals surface area (Å²) >= 11 is 6.96. The lowest BCUT2D eigenvalue weighted by molar-refractivity contribution is 0.481. The Labute approximate surface area is 140 Å². The molecule has 0 bridgehead atoms. The van der Waals surface area contributed by atoms with Gasteiger partial charge in [-0.05, 0) is 57.9 Å². The van der Waals surface area contributed by atoms with Crippen molar-refractivity contribution in [3.63, 3.8) is 0 Å². The molecule has 1 unspecified atom stereocenters. The monoisotopic (exact) mass is 406 g/mol. The van der Waals surface area contributed by atoms with Gasteiger partial charge in [-0.1, -0.05) is 46.3 Å². The van der Waals surface area contributed by atoms with E-state index in [9.17, 15) is 0 Å². The zero-order valence-electron chi connectivity index (χ0n) is 11.0. The molecule has 0 radical (unpaired) electrons. The standard InChI is InChI=1S/C17H12Br2O2/c18-16-11-10-15(21-16)17(19)12-6-8-14(9-7-12)20-13-4-2-1-3-5-13/h1-11,17H. The maximum atomic E-state index is 5.78. The minimum atomic E-state index is 0.0228. The molecule has 0 aliphatic carbocycles. The highest BCUT2D eigenvalue weighted by Crippen LogP contribution is 2.34. The van der Waals surface area contributed by atoms with E-state index in [0.717, 1.165) is 27.5 Å². The summed E-state index contributed by atoms with van der Waals surface area (Å²) < 4.78 is 12.1. The lowest BCUT2D eigenvalue weighted by Crippen LogP contribution is -1.91. The van der Waals surface area contributed by atoms with Crippen molar-refractivity contribution in [2.75, 3.05) is 0 Å². The highest BCUT2D eigenvalue weighted by molar-refractivity contribution is 9.10. The van der Waals surface area contributed by atoms with E-state index in [1.54, 1.807) is 0 Å². The van der Waals surface area contributed by atoms with Gasteiger partial charge in [0.1, 0.15) is 17.3 Å². The molecule has 0 amide bonds. The number of ether oxygens (including phenoxy) is 1. The third kappa shape index (κ3) is 3.57. The second-order valence-corrected chi connectivity index (χ2v) is 6.19. The van der Waals surface area contributed by atoms with Crippen molar-refractivity contribution in [1.29, 1.82) is 0 Å². The van der Waals surface area contributed by atoms with E-state index in [-0.39, 0.29) is 4.83 Å². The molecule has 4 heteroatoms. The first-order valence-corrected chi connectivity index (χ1v) is 8.15. The largest absolute Gasteiger partial charge is 0.457 e. The second kappa shape index (κ2) is 6.50. The molecule has 0 saturated heterocycles. The normalized spacial score (nSPS) is 12.1. The van der Waals surface area contributed by atoms with Gasteiger partial charge in [-0.2, -0.15) is 0 Å². The quantitative estimate of drug-likeness (QED) is 0.472. The van der Waals surface area contributed by atoms with Gasteiger partial charge in [0, 0.05) is 0 Å². The molecule has 0 aliphatic heterocycles. The molecule has 0 spiro atoms. The summed E-state index contributed by atoms with van der Waals surface area (Å²) in [5, 5.41) is 0. The van der Waals surface area contributed by atoms with Crippen LogP contribution in [0.4, 0.5) is 0 Å². The van der Waals surface area contributed by atoms with Crippen molar-refractivity contribution < 1.29 is 9.15 Å². The van der Waals surface area contributed by atoms with Crippen molar-refractivity contribution in [3.8, 4) is 11.5 Å². The first-order chi connectivity index (χ1) is 10.2. The summed E-state index contributed by atoms with van der Waals surface area (Å²) in [4.78, 5) is 0.0228. The van der Waals surface area contributed by atoms with Crippen LogP contribution >= 0.6 is 31.9 Å². The Kier molecular flexibility index (Phi) is 4.46. The van der Waals surface area contributed by atoms with Gasteiger partial charge < -0.3 is 9.15 Å². The van der Waals surface area contributed by atoms with Crippen molar-refractivity contribution in [3.05, 3.63) is 82.7 Å². The van der Waals surface area contributed by atoms with Crippen LogP contribution in [-0.4, -0.2) is 0 Å². The molecule has 0 aliphatic rings. The third-order valence-corrected chi connectivity index (χ3v) is 4.40. The summed E-state index contributed by atoms with van der Waals surface area (Å²) in [5.41, 5.74) is 1.11. The topological polar surface area (TPSA) is 22.4 Å². The first-order valence-electron chi connectivity index (χ1n) is 6.44. The van der Waals surface area contributed by atoms with Crippen LogP contribution in [0, 0.1) is 0 Å². The molecule has 0 saturated carbocycles. The van der Waals surface area contributed by atoms with Crippen LogP contribution in [0.5, 0.6) is 11.5 Å². The number of hydrogen-bond donors (Lipinski definition) is 0. The number of benzene rings is 2. The lowest BCUT2D eigenvalue weighted by Gasteiger charge is -2.09. The Morgan fingerprint density at radius 3 is 2.10 bits per heavy atom. The van der Waals surface area contributed by atoms with Crippen LogP contribution < -0.4 is 4.74 Å². The Morgan fingerprint density at radius 2 is 1.48 bits per heavy atom. The first kappa shape index (κ1) is 14.4.